The average molecular weight is 487 g/mol. The Bertz CT molecular complexity index is 1120. The van der Waals surface area contributed by atoms with Gasteiger partial charge in [-0.05, 0) is 47.9 Å². The van der Waals surface area contributed by atoms with Gasteiger partial charge < -0.3 is 19.7 Å². The summed E-state index contributed by atoms with van der Waals surface area (Å²) in [6.45, 7) is 3.83. The van der Waals surface area contributed by atoms with Crippen molar-refractivity contribution in [2.45, 2.75) is 51.7 Å². The highest BCUT2D eigenvalue weighted by atomic mass is 32.1. The molecule has 2 aliphatic rings. The summed E-state index contributed by atoms with van der Waals surface area (Å²) in [5.74, 6) is -2.80. The molecule has 2 atom stereocenters. The van der Waals surface area contributed by atoms with Crippen LogP contribution in [0.25, 0.3) is 0 Å². The quantitative estimate of drug-likeness (QED) is 0.598. The van der Waals surface area contributed by atoms with Crippen molar-refractivity contribution in [3.63, 3.8) is 0 Å². The first kappa shape index (κ1) is 23.9. The molecule has 0 bridgehead atoms. The van der Waals surface area contributed by atoms with Gasteiger partial charge in [-0.1, -0.05) is 26.0 Å². The number of carboxylic acid groups (broad SMARTS) is 1. The minimum absolute atomic E-state index is 0.0870. The van der Waals surface area contributed by atoms with Gasteiger partial charge in [-0.15, -0.1) is 11.3 Å². The summed E-state index contributed by atoms with van der Waals surface area (Å²) in [7, 11) is 0. The largest absolute Gasteiger partial charge is 0.550 e. The fourth-order valence-corrected chi connectivity index (χ4v) is 5.45. The molecule has 2 aliphatic heterocycles. The Hall–Kier alpha value is -3.27. The SMILES string of the molecule is CC(C)(CC(=O)[O-])CC(=O)N1CC[C@@H]2[C@H]1C(=O)N(c1cccc(F)c1)C(=O)N2Cc1cccs1. The first-order chi connectivity index (χ1) is 16.1. The number of thiophene rings is 1. The number of carbonyl (C=O) groups excluding carboxylic acids is 4. The summed E-state index contributed by atoms with van der Waals surface area (Å²) in [6.07, 6.45) is 0.0283. The average Bonchev–Trinajstić information content (AvgIpc) is 3.40. The topological polar surface area (TPSA) is 101 Å². The Kier molecular flexibility index (Phi) is 6.44. The highest BCUT2D eigenvalue weighted by molar-refractivity contribution is 7.09. The second-order valence-corrected chi connectivity index (χ2v) is 10.5. The van der Waals surface area contributed by atoms with Gasteiger partial charge >= 0.3 is 6.03 Å². The van der Waals surface area contributed by atoms with Crippen LogP contribution < -0.4 is 10.0 Å². The number of benzene rings is 1. The van der Waals surface area contributed by atoms with Crippen molar-refractivity contribution < 1.29 is 28.7 Å². The summed E-state index contributed by atoms with van der Waals surface area (Å²) in [5.41, 5.74) is -0.762. The minimum atomic E-state index is -1.25. The van der Waals surface area contributed by atoms with Crippen molar-refractivity contribution in [1.29, 1.82) is 0 Å². The van der Waals surface area contributed by atoms with E-state index in [1.165, 1.54) is 34.4 Å². The summed E-state index contributed by atoms with van der Waals surface area (Å²) >= 11 is 1.47. The lowest BCUT2D eigenvalue weighted by molar-refractivity contribution is -0.307. The minimum Gasteiger partial charge on any atom is -0.550 e. The van der Waals surface area contributed by atoms with E-state index in [-0.39, 0.29) is 37.5 Å². The zero-order valence-electron chi connectivity index (χ0n) is 18.9. The van der Waals surface area contributed by atoms with E-state index in [2.05, 4.69) is 0 Å². The van der Waals surface area contributed by atoms with Crippen LogP contribution in [0.2, 0.25) is 0 Å². The van der Waals surface area contributed by atoms with Crippen molar-refractivity contribution in [2.24, 2.45) is 5.41 Å². The number of carbonyl (C=O) groups is 4. The third-order valence-electron chi connectivity index (χ3n) is 6.22. The molecule has 0 radical (unpaired) electrons. The maximum Gasteiger partial charge on any atom is 0.332 e. The fourth-order valence-electron chi connectivity index (χ4n) is 4.75. The van der Waals surface area contributed by atoms with Gasteiger partial charge in [0.05, 0.1) is 18.3 Å². The van der Waals surface area contributed by atoms with Gasteiger partial charge in [0, 0.05) is 23.8 Å². The molecule has 10 heteroatoms. The van der Waals surface area contributed by atoms with E-state index in [0.29, 0.717) is 6.42 Å². The Morgan fingerprint density at radius 2 is 1.94 bits per heavy atom. The maximum atomic E-state index is 14.0. The Balaban J connectivity index is 1.67. The third-order valence-corrected chi connectivity index (χ3v) is 7.08. The maximum absolute atomic E-state index is 14.0. The molecule has 2 fully saturated rings. The summed E-state index contributed by atoms with van der Waals surface area (Å²) in [4.78, 5) is 56.3. The Morgan fingerprint density at radius 3 is 2.59 bits per heavy atom. The molecule has 0 spiro atoms. The third kappa shape index (κ3) is 4.68. The van der Waals surface area contributed by atoms with Crippen LogP contribution in [-0.4, -0.2) is 52.2 Å². The molecular formula is C24H25FN3O5S-. The molecule has 0 N–H and O–H groups in total. The van der Waals surface area contributed by atoms with Crippen LogP contribution in [0.5, 0.6) is 0 Å². The number of nitrogens with zero attached hydrogens (tertiary/aromatic N) is 3. The lowest BCUT2D eigenvalue weighted by Crippen LogP contribution is -2.66. The number of rotatable bonds is 7. The van der Waals surface area contributed by atoms with Crippen LogP contribution in [0.3, 0.4) is 0 Å². The number of imide groups is 1. The molecule has 8 nitrogen and oxygen atoms in total. The second kappa shape index (κ2) is 9.17. The van der Waals surface area contributed by atoms with Gasteiger partial charge in [-0.3, -0.25) is 9.59 Å². The predicted octanol–water partition coefficient (Wildman–Crippen LogP) is 2.38. The first-order valence-corrected chi connectivity index (χ1v) is 11.9. The Labute approximate surface area is 200 Å². The monoisotopic (exact) mass is 486 g/mol. The van der Waals surface area contributed by atoms with Gasteiger partial charge in [0.25, 0.3) is 5.91 Å². The summed E-state index contributed by atoms with van der Waals surface area (Å²) < 4.78 is 14.0. The van der Waals surface area contributed by atoms with Gasteiger partial charge in [0.15, 0.2) is 0 Å². The molecule has 4 amide bonds. The van der Waals surface area contributed by atoms with E-state index in [0.717, 1.165) is 15.8 Å². The standard InChI is InChI=1S/C24H26FN3O5S/c1-24(2,13-20(30)31)12-19(29)26-9-8-18-21(26)22(32)28(16-6-3-5-15(25)11-16)23(33)27(18)14-17-7-4-10-34-17/h3-7,10-11,18,21H,8-9,12-14H2,1-2H3,(H,30,31)/p-1/t18-,21+/m1/s1. The number of fused-ring (bicyclic) bond motifs is 1. The number of halogens is 1. The number of hydrogen-bond donors (Lipinski definition) is 0. The molecule has 34 heavy (non-hydrogen) atoms. The van der Waals surface area contributed by atoms with Gasteiger partial charge in [0.2, 0.25) is 5.91 Å². The van der Waals surface area contributed by atoms with Crippen LogP contribution in [-0.2, 0) is 20.9 Å². The molecule has 0 unspecified atom stereocenters. The van der Waals surface area contributed by atoms with Crippen LogP contribution in [0.1, 0.15) is 38.0 Å². The van der Waals surface area contributed by atoms with Gasteiger partial charge in [-0.2, -0.15) is 0 Å². The Morgan fingerprint density at radius 1 is 1.18 bits per heavy atom. The van der Waals surface area contributed by atoms with Crippen LogP contribution >= 0.6 is 11.3 Å². The number of likely N-dealkylation sites (tertiary alicyclic amines) is 1. The van der Waals surface area contributed by atoms with Crippen molar-refractivity contribution in [2.75, 3.05) is 11.4 Å². The van der Waals surface area contributed by atoms with E-state index < -0.39 is 41.2 Å². The molecule has 0 saturated carbocycles. The zero-order chi connectivity index (χ0) is 24.6. The molecule has 4 rings (SSSR count). The molecule has 0 aliphatic carbocycles. The number of amides is 4. The van der Waals surface area contributed by atoms with Gasteiger partial charge in [0.1, 0.15) is 11.9 Å². The number of urea groups is 1. The normalized spacial score (nSPS) is 20.6. The van der Waals surface area contributed by atoms with E-state index in [1.54, 1.807) is 18.7 Å². The molecule has 1 aromatic heterocycles. The van der Waals surface area contributed by atoms with Crippen molar-refractivity contribution >= 4 is 40.8 Å². The number of hydrogen-bond acceptors (Lipinski definition) is 6. The molecule has 3 heterocycles. The van der Waals surface area contributed by atoms with E-state index in [4.69, 9.17) is 0 Å². The number of aliphatic carboxylic acids is 1. The number of anilines is 1. The predicted molar refractivity (Wildman–Crippen MR) is 121 cm³/mol. The first-order valence-electron chi connectivity index (χ1n) is 11.0. The van der Waals surface area contributed by atoms with Crippen LogP contribution in [0.15, 0.2) is 41.8 Å². The van der Waals surface area contributed by atoms with Gasteiger partial charge in [-0.25, -0.2) is 14.1 Å². The van der Waals surface area contributed by atoms with E-state index in [9.17, 15) is 28.7 Å². The highest BCUT2D eigenvalue weighted by Gasteiger charge is 2.54. The lowest BCUT2D eigenvalue weighted by Gasteiger charge is -2.43. The summed E-state index contributed by atoms with van der Waals surface area (Å²) in [5, 5.41) is 13.0. The van der Waals surface area contributed by atoms with Crippen molar-refractivity contribution in [1.82, 2.24) is 9.80 Å². The van der Waals surface area contributed by atoms with Crippen molar-refractivity contribution in [3.05, 3.63) is 52.5 Å². The number of carboxylic acids is 1. The lowest BCUT2D eigenvalue weighted by atomic mass is 9.85. The van der Waals surface area contributed by atoms with E-state index >= 15 is 0 Å². The van der Waals surface area contributed by atoms with Crippen LogP contribution in [0, 0.1) is 11.2 Å². The molecular weight excluding hydrogens is 461 g/mol. The molecule has 2 aromatic rings. The molecule has 1 aromatic carbocycles. The van der Waals surface area contributed by atoms with Crippen molar-refractivity contribution in [3.8, 4) is 0 Å². The second-order valence-electron chi connectivity index (χ2n) is 9.42. The summed E-state index contributed by atoms with van der Waals surface area (Å²) in [6, 6.07) is 6.96. The van der Waals surface area contributed by atoms with E-state index in [1.807, 2.05) is 17.5 Å². The smallest absolute Gasteiger partial charge is 0.332 e. The van der Waals surface area contributed by atoms with Crippen LogP contribution in [0.4, 0.5) is 14.9 Å². The zero-order valence-corrected chi connectivity index (χ0v) is 19.7. The fraction of sp³-hybridized carbons (Fsp3) is 0.417. The molecule has 180 valence electrons. The molecule has 2 saturated heterocycles. The highest BCUT2D eigenvalue weighted by Crippen LogP contribution is 2.36.